The minimum Gasteiger partial charge on any atom is -0.339 e. The summed E-state index contributed by atoms with van der Waals surface area (Å²) in [6.45, 7) is 4.08. The molecular formula is C28H28FN3O2. The zero-order chi connectivity index (χ0) is 23.7. The van der Waals surface area contributed by atoms with Crippen molar-refractivity contribution in [2.24, 2.45) is 0 Å². The highest BCUT2D eigenvalue weighted by Crippen LogP contribution is 2.36. The molecule has 1 saturated heterocycles. The number of nitrogens with zero attached hydrogens (tertiary/aromatic N) is 3. The van der Waals surface area contributed by atoms with Crippen LogP contribution in [-0.4, -0.2) is 52.8 Å². The number of hydrogen-bond donors (Lipinski definition) is 0. The molecule has 6 heteroatoms. The number of allylic oxidation sites excluding steroid dienone is 1. The number of benzene rings is 2. The minimum absolute atomic E-state index is 0.0153. The van der Waals surface area contributed by atoms with Gasteiger partial charge in [-0.2, -0.15) is 0 Å². The van der Waals surface area contributed by atoms with Crippen molar-refractivity contribution in [3.05, 3.63) is 76.7 Å². The van der Waals surface area contributed by atoms with Crippen LogP contribution in [0.15, 0.2) is 48.5 Å². The van der Waals surface area contributed by atoms with Gasteiger partial charge in [0.2, 0.25) is 5.91 Å². The maximum absolute atomic E-state index is 13.9. The summed E-state index contributed by atoms with van der Waals surface area (Å²) in [6, 6.07) is 14.3. The normalized spacial score (nSPS) is 17.2. The standard InChI is InChI=1S/C28H28FN3O2/c1-2-25(33)31-14-16-32(17-15-31)28(34)26-22-7-3-4-9-24(22)30-27-20(6-5-8-23(26)27)18-19-10-12-21(29)13-11-19/h3-4,7,9-13,18H,2,5-6,8,14-17H2,1H3/b20-18-. The van der Waals surface area contributed by atoms with Crippen LogP contribution in [0.3, 0.4) is 0 Å². The molecule has 0 spiro atoms. The number of carbonyl (C=O) groups excluding carboxylic acids is 2. The van der Waals surface area contributed by atoms with Gasteiger partial charge in [0, 0.05) is 38.0 Å². The number of carbonyl (C=O) groups is 2. The fourth-order valence-corrected chi connectivity index (χ4v) is 5.02. The average molecular weight is 458 g/mol. The molecule has 0 saturated carbocycles. The maximum atomic E-state index is 13.9. The van der Waals surface area contributed by atoms with E-state index in [-0.39, 0.29) is 17.6 Å². The molecule has 1 fully saturated rings. The van der Waals surface area contributed by atoms with Crippen molar-refractivity contribution in [2.75, 3.05) is 26.2 Å². The molecule has 5 rings (SSSR count). The molecule has 0 atom stereocenters. The predicted octanol–water partition coefficient (Wildman–Crippen LogP) is 4.95. The first kappa shape index (κ1) is 22.3. The van der Waals surface area contributed by atoms with Crippen molar-refractivity contribution in [3.63, 3.8) is 0 Å². The molecule has 0 unspecified atom stereocenters. The molecule has 3 aromatic rings. The third-order valence-corrected chi connectivity index (χ3v) is 6.82. The zero-order valence-electron chi connectivity index (χ0n) is 19.4. The lowest BCUT2D eigenvalue weighted by Gasteiger charge is -2.35. The summed E-state index contributed by atoms with van der Waals surface area (Å²) in [7, 11) is 0. The molecule has 2 heterocycles. The topological polar surface area (TPSA) is 53.5 Å². The Balaban J connectivity index is 1.55. The molecule has 2 aromatic carbocycles. The Labute approximate surface area is 198 Å². The SMILES string of the molecule is CCC(=O)N1CCN(C(=O)c2c3c(nc4ccccc24)/C(=C\c2ccc(F)cc2)CCC3)CC1. The van der Waals surface area contributed by atoms with Crippen LogP contribution >= 0.6 is 0 Å². The number of pyridine rings is 1. The van der Waals surface area contributed by atoms with Crippen LogP contribution in [0.25, 0.3) is 22.6 Å². The molecule has 0 N–H and O–H groups in total. The van der Waals surface area contributed by atoms with Gasteiger partial charge in [0.05, 0.1) is 16.8 Å². The van der Waals surface area contributed by atoms with Crippen LogP contribution in [0.4, 0.5) is 4.39 Å². The van der Waals surface area contributed by atoms with Crippen LogP contribution in [0.5, 0.6) is 0 Å². The van der Waals surface area contributed by atoms with Crippen molar-refractivity contribution in [1.29, 1.82) is 0 Å². The lowest BCUT2D eigenvalue weighted by molar-refractivity contribution is -0.132. The maximum Gasteiger partial charge on any atom is 0.255 e. The number of para-hydroxylation sites is 1. The Morgan fingerprint density at radius 1 is 0.971 bits per heavy atom. The second-order valence-electron chi connectivity index (χ2n) is 8.93. The molecule has 1 aliphatic carbocycles. The number of amides is 2. The highest BCUT2D eigenvalue weighted by molar-refractivity contribution is 6.09. The molecule has 1 aromatic heterocycles. The molecule has 1 aliphatic heterocycles. The Kier molecular flexibility index (Phi) is 6.14. The second-order valence-corrected chi connectivity index (χ2v) is 8.93. The van der Waals surface area contributed by atoms with Gasteiger partial charge in [0.15, 0.2) is 0 Å². The van der Waals surface area contributed by atoms with Crippen LogP contribution in [0, 0.1) is 5.82 Å². The first-order valence-corrected chi connectivity index (χ1v) is 12.0. The molecule has 174 valence electrons. The highest BCUT2D eigenvalue weighted by atomic mass is 19.1. The molecule has 5 nitrogen and oxygen atoms in total. The summed E-state index contributed by atoms with van der Waals surface area (Å²) < 4.78 is 13.4. The van der Waals surface area contributed by atoms with Crippen molar-refractivity contribution in [1.82, 2.24) is 14.8 Å². The largest absolute Gasteiger partial charge is 0.339 e. The number of halogens is 1. The third-order valence-electron chi connectivity index (χ3n) is 6.82. The average Bonchev–Trinajstić information content (AvgIpc) is 2.88. The van der Waals surface area contributed by atoms with Gasteiger partial charge in [0.1, 0.15) is 5.82 Å². The first-order valence-electron chi connectivity index (χ1n) is 12.0. The first-order chi connectivity index (χ1) is 16.5. The smallest absolute Gasteiger partial charge is 0.255 e. The van der Waals surface area contributed by atoms with E-state index in [1.807, 2.05) is 41.0 Å². The van der Waals surface area contributed by atoms with Gasteiger partial charge in [0.25, 0.3) is 5.91 Å². The molecule has 0 radical (unpaired) electrons. The lowest BCUT2D eigenvalue weighted by atomic mass is 9.85. The summed E-state index contributed by atoms with van der Waals surface area (Å²) in [4.78, 5) is 34.6. The number of fused-ring (bicyclic) bond motifs is 2. The van der Waals surface area contributed by atoms with Crippen LogP contribution in [0.2, 0.25) is 0 Å². The molecular weight excluding hydrogens is 429 g/mol. The monoisotopic (exact) mass is 457 g/mol. The summed E-state index contributed by atoms with van der Waals surface area (Å²) in [5.41, 5.74) is 5.40. The molecule has 0 bridgehead atoms. The van der Waals surface area contributed by atoms with Gasteiger partial charge in [-0.15, -0.1) is 0 Å². The van der Waals surface area contributed by atoms with E-state index in [0.717, 1.165) is 58.1 Å². The Morgan fingerprint density at radius 2 is 1.68 bits per heavy atom. The van der Waals surface area contributed by atoms with E-state index in [2.05, 4.69) is 6.08 Å². The number of piperazine rings is 1. The number of hydrogen-bond acceptors (Lipinski definition) is 3. The molecule has 34 heavy (non-hydrogen) atoms. The minimum atomic E-state index is -0.260. The zero-order valence-corrected chi connectivity index (χ0v) is 19.4. The van der Waals surface area contributed by atoms with Crippen molar-refractivity contribution < 1.29 is 14.0 Å². The second kappa shape index (κ2) is 9.37. The van der Waals surface area contributed by atoms with E-state index in [1.165, 1.54) is 12.1 Å². The van der Waals surface area contributed by atoms with Crippen molar-refractivity contribution in [3.8, 4) is 0 Å². The van der Waals surface area contributed by atoms with E-state index in [0.29, 0.717) is 32.6 Å². The van der Waals surface area contributed by atoms with Crippen LogP contribution in [-0.2, 0) is 11.2 Å². The number of aromatic nitrogens is 1. The van der Waals surface area contributed by atoms with Crippen molar-refractivity contribution >= 4 is 34.4 Å². The molecule has 2 amide bonds. The number of rotatable bonds is 3. The highest BCUT2D eigenvalue weighted by Gasteiger charge is 2.30. The molecule has 2 aliphatic rings. The quantitative estimate of drug-likeness (QED) is 0.560. The summed E-state index contributed by atoms with van der Waals surface area (Å²) in [5.74, 6) is -0.111. The fourth-order valence-electron chi connectivity index (χ4n) is 5.02. The summed E-state index contributed by atoms with van der Waals surface area (Å²) >= 11 is 0. The summed E-state index contributed by atoms with van der Waals surface area (Å²) in [6.07, 6.45) is 5.13. The van der Waals surface area contributed by atoms with Gasteiger partial charge in [-0.25, -0.2) is 9.37 Å². The van der Waals surface area contributed by atoms with Gasteiger partial charge in [-0.3, -0.25) is 9.59 Å². The van der Waals surface area contributed by atoms with E-state index >= 15 is 0 Å². The van der Waals surface area contributed by atoms with Gasteiger partial charge in [-0.1, -0.05) is 37.3 Å². The van der Waals surface area contributed by atoms with Gasteiger partial charge in [-0.05, 0) is 60.2 Å². The summed E-state index contributed by atoms with van der Waals surface area (Å²) in [5, 5.41) is 0.876. The van der Waals surface area contributed by atoms with E-state index < -0.39 is 0 Å². The van der Waals surface area contributed by atoms with Gasteiger partial charge < -0.3 is 9.80 Å². The van der Waals surface area contributed by atoms with Crippen LogP contribution < -0.4 is 0 Å². The van der Waals surface area contributed by atoms with E-state index in [1.54, 1.807) is 12.1 Å². The Morgan fingerprint density at radius 3 is 2.41 bits per heavy atom. The third kappa shape index (κ3) is 4.20. The van der Waals surface area contributed by atoms with E-state index in [9.17, 15) is 14.0 Å². The predicted molar refractivity (Wildman–Crippen MR) is 132 cm³/mol. The fraction of sp³-hybridized carbons (Fsp3) is 0.321. The van der Waals surface area contributed by atoms with Crippen LogP contribution in [0.1, 0.15) is 53.4 Å². The van der Waals surface area contributed by atoms with Crippen molar-refractivity contribution in [2.45, 2.75) is 32.6 Å². The van der Waals surface area contributed by atoms with E-state index in [4.69, 9.17) is 4.98 Å². The Bertz CT molecular complexity index is 1270. The Hall–Kier alpha value is -3.54. The van der Waals surface area contributed by atoms with Gasteiger partial charge >= 0.3 is 0 Å². The lowest BCUT2D eigenvalue weighted by Crippen LogP contribution is -2.50.